The van der Waals surface area contributed by atoms with E-state index in [-0.39, 0.29) is 5.69 Å². The van der Waals surface area contributed by atoms with E-state index >= 15 is 0 Å². The van der Waals surface area contributed by atoms with Gasteiger partial charge in [0.1, 0.15) is 11.5 Å². The molecule has 138 valence electrons. The summed E-state index contributed by atoms with van der Waals surface area (Å²) >= 11 is 1.40. The van der Waals surface area contributed by atoms with Crippen molar-refractivity contribution in [3.63, 3.8) is 0 Å². The molecule has 27 heavy (non-hydrogen) atoms. The van der Waals surface area contributed by atoms with Crippen molar-refractivity contribution >= 4 is 28.4 Å². The molecule has 0 saturated heterocycles. The maximum absolute atomic E-state index is 10.6. The van der Waals surface area contributed by atoms with Crippen molar-refractivity contribution in [2.24, 2.45) is 5.10 Å². The van der Waals surface area contributed by atoms with Crippen LogP contribution in [0.2, 0.25) is 0 Å². The minimum absolute atomic E-state index is 0.0399. The number of nitro groups is 1. The highest BCUT2D eigenvalue weighted by atomic mass is 32.1. The lowest BCUT2D eigenvalue weighted by Crippen LogP contribution is -1.92. The summed E-state index contributed by atoms with van der Waals surface area (Å²) in [7, 11) is 3.19. The smallest absolute Gasteiger partial charge is 0.269 e. The fourth-order valence-corrected chi connectivity index (χ4v) is 2.96. The molecule has 0 unspecified atom stereocenters. The third kappa shape index (κ3) is 4.39. The zero-order valence-electron chi connectivity index (χ0n) is 14.6. The van der Waals surface area contributed by atoms with Crippen LogP contribution in [0.1, 0.15) is 5.56 Å². The number of anilines is 1. The Hall–Kier alpha value is -3.46. The quantitative estimate of drug-likeness (QED) is 0.373. The lowest BCUT2D eigenvalue weighted by atomic mass is 10.1. The monoisotopic (exact) mass is 384 g/mol. The molecule has 0 bridgehead atoms. The second-order valence-corrected chi connectivity index (χ2v) is 6.18. The van der Waals surface area contributed by atoms with Crippen LogP contribution in [0, 0.1) is 10.1 Å². The Kier molecular flexibility index (Phi) is 5.62. The van der Waals surface area contributed by atoms with Crippen LogP contribution >= 0.6 is 11.3 Å². The Morgan fingerprint density at radius 1 is 1.19 bits per heavy atom. The molecular weight excluding hydrogens is 368 g/mol. The largest absolute Gasteiger partial charge is 0.497 e. The van der Waals surface area contributed by atoms with Gasteiger partial charge in [0.05, 0.1) is 31.1 Å². The summed E-state index contributed by atoms with van der Waals surface area (Å²) in [5.74, 6) is 1.37. The predicted molar refractivity (Wildman–Crippen MR) is 105 cm³/mol. The van der Waals surface area contributed by atoms with Crippen molar-refractivity contribution < 1.29 is 14.4 Å². The molecule has 3 aromatic rings. The van der Waals surface area contributed by atoms with Gasteiger partial charge in [-0.05, 0) is 29.8 Å². The minimum atomic E-state index is -0.441. The van der Waals surface area contributed by atoms with E-state index in [1.54, 1.807) is 38.6 Å². The lowest BCUT2D eigenvalue weighted by molar-refractivity contribution is -0.384. The van der Waals surface area contributed by atoms with Gasteiger partial charge in [-0.3, -0.25) is 15.5 Å². The highest BCUT2D eigenvalue weighted by Crippen LogP contribution is 2.34. The summed E-state index contributed by atoms with van der Waals surface area (Å²) in [6.07, 6.45) is 1.57. The minimum Gasteiger partial charge on any atom is -0.497 e. The highest BCUT2D eigenvalue weighted by molar-refractivity contribution is 7.14. The maximum Gasteiger partial charge on any atom is 0.269 e. The molecule has 9 heteroatoms. The van der Waals surface area contributed by atoms with E-state index in [9.17, 15) is 10.1 Å². The molecule has 0 fully saturated rings. The van der Waals surface area contributed by atoms with E-state index in [4.69, 9.17) is 9.47 Å². The van der Waals surface area contributed by atoms with Crippen LogP contribution in [0.3, 0.4) is 0 Å². The number of hydrogen-bond donors (Lipinski definition) is 1. The van der Waals surface area contributed by atoms with Crippen molar-refractivity contribution in [1.29, 1.82) is 0 Å². The zero-order chi connectivity index (χ0) is 19.2. The number of rotatable bonds is 7. The second kappa shape index (κ2) is 8.28. The van der Waals surface area contributed by atoms with Crippen LogP contribution in [0.25, 0.3) is 11.3 Å². The topological polar surface area (TPSA) is 98.9 Å². The number of methoxy groups -OCH3 is 2. The van der Waals surface area contributed by atoms with Crippen LogP contribution in [-0.4, -0.2) is 30.3 Å². The van der Waals surface area contributed by atoms with Gasteiger partial charge in [-0.2, -0.15) is 5.10 Å². The van der Waals surface area contributed by atoms with E-state index in [1.807, 2.05) is 17.5 Å². The molecule has 0 aliphatic heterocycles. The summed E-state index contributed by atoms with van der Waals surface area (Å²) in [6.45, 7) is 0. The first-order valence-corrected chi connectivity index (χ1v) is 8.70. The van der Waals surface area contributed by atoms with Crippen molar-refractivity contribution in [3.05, 3.63) is 63.5 Å². The second-order valence-electron chi connectivity index (χ2n) is 5.32. The summed E-state index contributed by atoms with van der Waals surface area (Å²) in [5.41, 5.74) is 5.24. The normalized spacial score (nSPS) is 10.7. The number of nitrogens with one attached hydrogen (secondary N) is 1. The highest BCUT2D eigenvalue weighted by Gasteiger charge is 2.11. The molecule has 0 saturated carbocycles. The number of nitrogens with zero attached hydrogens (tertiary/aromatic N) is 3. The number of thiazole rings is 1. The predicted octanol–water partition coefficient (Wildman–Crippen LogP) is 4.18. The lowest BCUT2D eigenvalue weighted by Gasteiger charge is -2.08. The van der Waals surface area contributed by atoms with Crippen molar-refractivity contribution in [2.75, 3.05) is 19.6 Å². The number of hydrogen-bond acceptors (Lipinski definition) is 8. The van der Waals surface area contributed by atoms with Gasteiger partial charge in [-0.1, -0.05) is 0 Å². The SMILES string of the molecule is COc1ccc(-c2csc(N/N=C\c3ccc([N+](=O)[O-])cc3)n2)c(OC)c1. The van der Waals surface area contributed by atoms with Gasteiger partial charge in [-0.15, -0.1) is 11.3 Å². The number of benzene rings is 2. The van der Waals surface area contributed by atoms with Crippen LogP contribution in [-0.2, 0) is 0 Å². The first-order valence-electron chi connectivity index (χ1n) is 7.82. The molecule has 1 aromatic heterocycles. The number of aromatic nitrogens is 1. The van der Waals surface area contributed by atoms with E-state index in [0.29, 0.717) is 16.6 Å². The zero-order valence-corrected chi connectivity index (χ0v) is 15.4. The van der Waals surface area contributed by atoms with Crippen molar-refractivity contribution in [2.45, 2.75) is 0 Å². The van der Waals surface area contributed by atoms with E-state index < -0.39 is 4.92 Å². The van der Waals surface area contributed by atoms with Crippen LogP contribution in [0.15, 0.2) is 52.9 Å². The van der Waals surface area contributed by atoms with E-state index in [0.717, 1.165) is 16.8 Å². The molecule has 0 aliphatic rings. The average molecular weight is 384 g/mol. The van der Waals surface area contributed by atoms with Gasteiger partial charge in [0.25, 0.3) is 5.69 Å². The Morgan fingerprint density at radius 2 is 1.96 bits per heavy atom. The fraction of sp³-hybridized carbons (Fsp3) is 0.111. The molecule has 3 rings (SSSR count). The number of hydrazone groups is 1. The summed E-state index contributed by atoms with van der Waals surface area (Å²) in [4.78, 5) is 14.7. The molecule has 1 heterocycles. The van der Waals surface area contributed by atoms with Crippen molar-refractivity contribution in [1.82, 2.24) is 4.98 Å². The van der Waals surface area contributed by atoms with E-state index in [1.165, 1.54) is 23.5 Å². The third-order valence-electron chi connectivity index (χ3n) is 3.67. The molecule has 1 N–H and O–H groups in total. The number of nitro benzene ring substituents is 1. The first-order chi connectivity index (χ1) is 13.1. The Bertz CT molecular complexity index is 970. The maximum atomic E-state index is 10.6. The molecule has 0 atom stereocenters. The molecule has 0 aliphatic carbocycles. The molecule has 0 spiro atoms. The van der Waals surface area contributed by atoms with Gasteiger partial charge in [-0.25, -0.2) is 4.98 Å². The standard InChI is InChI=1S/C18H16N4O4S/c1-25-14-7-8-15(17(9-14)26-2)16-11-27-18(20-16)21-19-10-12-3-5-13(6-4-12)22(23)24/h3-11H,1-2H3,(H,20,21)/b19-10-. The Labute approximate surface area is 159 Å². The number of ether oxygens (including phenoxy) is 2. The molecule has 0 radical (unpaired) electrons. The Balaban J connectivity index is 1.70. The number of non-ortho nitro benzene ring substituents is 1. The third-order valence-corrected chi connectivity index (χ3v) is 4.41. The van der Waals surface area contributed by atoms with Crippen molar-refractivity contribution in [3.8, 4) is 22.8 Å². The van der Waals surface area contributed by atoms with Gasteiger partial charge in [0.2, 0.25) is 5.13 Å². The summed E-state index contributed by atoms with van der Waals surface area (Å²) < 4.78 is 10.6. The van der Waals surface area contributed by atoms with Gasteiger partial charge in [0.15, 0.2) is 0 Å². The van der Waals surface area contributed by atoms with Gasteiger partial charge in [0, 0.05) is 29.1 Å². The average Bonchev–Trinajstić information content (AvgIpc) is 3.16. The fourth-order valence-electron chi connectivity index (χ4n) is 2.30. The van der Waals surface area contributed by atoms with Crippen LogP contribution in [0.4, 0.5) is 10.8 Å². The van der Waals surface area contributed by atoms with Gasteiger partial charge < -0.3 is 9.47 Å². The first kappa shape index (κ1) is 18.3. The van der Waals surface area contributed by atoms with Crippen LogP contribution < -0.4 is 14.9 Å². The molecular formula is C18H16N4O4S. The summed E-state index contributed by atoms with van der Waals surface area (Å²) in [5, 5.41) is 17.3. The Morgan fingerprint density at radius 3 is 2.63 bits per heavy atom. The summed E-state index contributed by atoms with van der Waals surface area (Å²) in [6, 6.07) is 11.6. The van der Waals surface area contributed by atoms with Crippen LogP contribution in [0.5, 0.6) is 11.5 Å². The molecule has 8 nitrogen and oxygen atoms in total. The van der Waals surface area contributed by atoms with E-state index in [2.05, 4.69) is 15.5 Å². The molecule has 2 aromatic carbocycles. The molecule has 0 amide bonds. The van der Waals surface area contributed by atoms with Gasteiger partial charge >= 0.3 is 0 Å².